The third-order valence-electron chi connectivity index (χ3n) is 3.60. The van der Waals surface area contributed by atoms with Crippen LogP contribution in [-0.2, 0) is 13.0 Å². The van der Waals surface area contributed by atoms with Gasteiger partial charge in [-0.05, 0) is 30.5 Å². The molecule has 1 unspecified atom stereocenters. The van der Waals surface area contributed by atoms with Gasteiger partial charge in [-0.25, -0.2) is 0 Å². The number of hydrogen-bond acceptors (Lipinski definition) is 3. The molecule has 3 nitrogen and oxygen atoms in total. The van der Waals surface area contributed by atoms with Crippen molar-refractivity contribution in [2.75, 3.05) is 13.2 Å². The van der Waals surface area contributed by atoms with Crippen LogP contribution in [0.4, 0.5) is 0 Å². The quantitative estimate of drug-likeness (QED) is 0.699. The molecule has 0 heterocycles. The molecule has 0 aromatic heterocycles. The van der Waals surface area contributed by atoms with Crippen molar-refractivity contribution in [3.63, 3.8) is 0 Å². The highest BCUT2D eigenvalue weighted by atomic mass is 16.5. The van der Waals surface area contributed by atoms with Crippen molar-refractivity contribution in [1.29, 1.82) is 0 Å². The van der Waals surface area contributed by atoms with Gasteiger partial charge in [0.1, 0.15) is 18.5 Å². The summed E-state index contributed by atoms with van der Waals surface area (Å²) in [4.78, 5) is 0. The Morgan fingerprint density at radius 1 is 1.17 bits per heavy atom. The lowest BCUT2D eigenvalue weighted by Crippen LogP contribution is -2.31. The predicted molar refractivity (Wildman–Crippen MR) is 94.7 cm³/mol. The van der Waals surface area contributed by atoms with E-state index in [0.717, 1.165) is 24.3 Å². The van der Waals surface area contributed by atoms with Crippen LogP contribution in [0.25, 0.3) is 0 Å². The Kier molecular flexibility index (Phi) is 6.85. The van der Waals surface area contributed by atoms with Gasteiger partial charge < -0.3 is 15.2 Å². The van der Waals surface area contributed by atoms with E-state index in [-0.39, 0.29) is 6.61 Å². The minimum Gasteiger partial charge on any atom is -0.491 e. The predicted octanol–water partition coefficient (Wildman–Crippen LogP) is 3.25. The standard InChI is InChI=1S/C20H25NO2/c1-3-6-18-7-4-5-8-20(18)23-15-19(22)14-21-13-17-11-9-16(2)10-12-17/h3-5,7-12,19,21-22H,1,6,13-15H2,2H3. The first kappa shape index (κ1) is 17.3. The molecule has 0 aliphatic carbocycles. The normalized spacial score (nSPS) is 11.9. The molecule has 0 radical (unpaired) electrons. The lowest BCUT2D eigenvalue weighted by molar-refractivity contribution is 0.106. The number of benzene rings is 2. The molecule has 122 valence electrons. The van der Waals surface area contributed by atoms with Crippen LogP contribution in [-0.4, -0.2) is 24.4 Å². The summed E-state index contributed by atoms with van der Waals surface area (Å²) < 4.78 is 5.73. The van der Waals surface area contributed by atoms with Crippen LogP contribution in [0.1, 0.15) is 16.7 Å². The molecule has 23 heavy (non-hydrogen) atoms. The lowest BCUT2D eigenvalue weighted by atomic mass is 10.1. The van der Waals surface area contributed by atoms with E-state index in [9.17, 15) is 5.11 Å². The third kappa shape index (κ3) is 5.89. The summed E-state index contributed by atoms with van der Waals surface area (Å²) in [5.41, 5.74) is 3.54. The first-order valence-corrected chi connectivity index (χ1v) is 7.95. The van der Waals surface area contributed by atoms with Crippen molar-refractivity contribution in [1.82, 2.24) is 5.32 Å². The highest BCUT2D eigenvalue weighted by Crippen LogP contribution is 2.18. The third-order valence-corrected chi connectivity index (χ3v) is 3.60. The maximum Gasteiger partial charge on any atom is 0.122 e. The van der Waals surface area contributed by atoms with Crippen LogP contribution in [0.5, 0.6) is 5.75 Å². The summed E-state index contributed by atoms with van der Waals surface area (Å²) in [5.74, 6) is 0.810. The Balaban J connectivity index is 1.73. The molecule has 1 atom stereocenters. The van der Waals surface area contributed by atoms with E-state index in [0.29, 0.717) is 6.54 Å². The van der Waals surface area contributed by atoms with E-state index in [2.05, 4.69) is 43.1 Å². The van der Waals surface area contributed by atoms with Crippen molar-refractivity contribution >= 4 is 0 Å². The Morgan fingerprint density at radius 2 is 1.91 bits per heavy atom. The molecule has 0 fully saturated rings. The second-order valence-corrected chi connectivity index (χ2v) is 5.68. The van der Waals surface area contributed by atoms with E-state index in [1.165, 1.54) is 11.1 Å². The first-order chi connectivity index (χ1) is 11.2. The average Bonchev–Trinajstić information content (AvgIpc) is 2.56. The van der Waals surface area contributed by atoms with Gasteiger partial charge in [-0.2, -0.15) is 0 Å². The molecule has 0 aliphatic heterocycles. The van der Waals surface area contributed by atoms with Crippen LogP contribution in [0.15, 0.2) is 61.2 Å². The summed E-state index contributed by atoms with van der Waals surface area (Å²) in [6.45, 7) is 7.33. The van der Waals surface area contributed by atoms with Gasteiger partial charge in [0.05, 0.1) is 0 Å². The molecule has 0 aliphatic rings. The summed E-state index contributed by atoms with van der Waals surface area (Å²) in [5, 5.41) is 13.3. The minimum atomic E-state index is -0.544. The Hall–Kier alpha value is -2.10. The van der Waals surface area contributed by atoms with Crippen molar-refractivity contribution in [3.05, 3.63) is 77.9 Å². The number of allylic oxidation sites excluding steroid dienone is 1. The zero-order chi connectivity index (χ0) is 16.5. The molecule has 2 N–H and O–H groups in total. The second-order valence-electron chi connectivity index (χ2n) is 5.68. The molecule has 2 aromatic rings. The van der Waals surface area contributed by atoms with E-state index in [1.807, 2.05) is 30.3 Å². The number of nitrogens with one attached hydrogen (secondary N) is 1. The van der Waals surface area contributed by atoms with Crippen LogP contribution in [0.3, 0.4) is 0 Å². The Labute approximate surface area is 138 Å². The molecular formula is C20H25NO2. The van der Waals surface area contributed by atoms with Crippen LogP contribution >= 0.6 is 0 Å². The van der Waals surface area contributed by atoms with E-state index in [1.54, 1.807) is 0 Å². The number of para-hydroxylation sites is 1. The summed E-state index contributed by atoms with van der Waals surface area (Å²) in [6, 6.07) is 16.2. The molecule has 3 heteroatoms. The summed E-state index contributed by atoms with van der Waals surface area (Å²) >= 11 is 0. The van der Waals surface area contributed by atoms with Gasteiger partial charge in [0, 0.05) is 13.1 Å². The monoisotopic (exact) mass is 311 g/mol. The number of aliphatic hydroxyl groups excluding tert-OH is 1. The fraction of sp³-hybridized carbons (Fsp3) is 0.300. The fourth-order valence-electron chi connectivity index (χ4n) is 2.30. The maximum absolute atomic E-state index is 10.0. The molecule has 0 amide bonds. The topological polar surface area (TPSA) is 41.5 Å². The molecule has 0 bridgehead atoms. The van der Waals surface area contributed by atoms with Crippen molar-refractivity contribution in [2.24, 2.45) is 0 Å². The zero-order valence-corrected chi connectivity index (χ0v) is 13.7. The zero-order valence-electron chi connectivity index (χ0n) is 13.7. The van der Waals surface area contributed by atoms with Gasteiger partial charge in [0.15, 0.2) is 0 Å². The Bertz CT molecular complexity index is 607. The largest absolute Gasteiger partial charge is 0.491 e. The van der Waals surface area contributed by atoms with Crippen molar-refractivity contribution in [2.45, 2.75) is 26.0 Å². The van der Waals surface area contributed by atoms with Crippen LogP contribution in [0.2, 0.25) is 0 Å². The minimum absolute atomic E-state index is 0.273. The van der Waals surface area contributed by atoms with Crippen molar-refractivity contribution < 1.29 is 9.84 Å². The fourth-order valence-corrected chi connectivity index (χ4v) is 2.30. The van der Waals surface area contributed by atoms with Gasteiger partial charge in [-0.3, -0.25) is 0 Å². The van der Waals surface area contributed by atoms with Crippen LogP contribution in [0, 0.1) is 6.92 Å². The van der Waals surface area contributed by atoms with Gasteiger partial charge in [-0.15, -0.1) is 6.58 Å². The summed E-state index contributed by atoms with van der Waals surface area (Å²) in [7, 11) is 0. The first-order valence-electron chi connectivity index (χ1n) is 7.95. The second kappa shape index (κ2) is 9.13. The number of ether oxygens (including phenoxy) is 1. The van der Waals surface area contributed by atoms with Gasteiger partial charge in [0.25, 0.3) is 0 Å². The molecular weight excluding hydrogens is 286 g/mol. The number of hydrogen-bond donors (Lipinski definition) is 2. The average molecular weight is 311 g/mol. The van der Waals surface area contributed by atoms with Gasteiger partial charge in [0.2, 0.25) is 0 Å². The smallest absolute Gasteiger partial charge is 0.122 e. The molecule has 0 saturated heterocycles. The van der Waals surface area contributed by atoms with Gasteiger partial charge in [-0.1, -0.05) is 54.1 Å². The molecule has 0 spiro atoms. The highest BCUT2D eigenvalue weighted by Gasteiger charge is 2.07. The van der Waals surface area contributed by atoms with Crippen LogP contribution < -0.4 is 10.1 Å². The molecule has 0 saturated carbocycles. The number of aryl methyl sites for hydroxylation is 1. The number of rotatable bonds is 9. The van der Waals surface area contributed by atoms with E-state index >= 15 is 0 Å². The Morgan fingerprint density at radius 3 is 2.65 bits per heavy atom. The molecule has 2 rings (SSSR count). The summed E-state index contributed by atoms with van der Waals surface area (Å²) in [6.07, 6.45) is 2.07. The van der Waals surface area contributed by atoms with E-state index < -0.39 is 6.10 Å². The van der Waals surface area contributed by atoms with E-state index in [4.69, 9.17) is 4.74 Å². The lowest BCUT2D eigenvalue weighted by Gasteiger charge is -2.15. The highest BCUT2D eigenvalue weighted by molar-refractivity contribution is 5.34. The molecule has 2 aromatic carbocycles. The maximum atomic E-state index is 10.0. The van der Waals surface area contributed by atoms with Gasteiger partial charge >= 0.3 is 0 Å². The van der Waals surface area contributed by atoms with Crippen molar-refractivity contribution in [3.8, 4) is 5.75 Å². The SMILES string of the molecule is C=CCc1ccccc1OCC(O)CNCc1ccc(C)cc1. The number of aliphatic hydroxyl groups is 1.